The molecule has 0 bridgehead atoms. The van der Waals surface area contributed by atoms with Crippen molar-refractivity contribution in [3.63, 3.8) is 0 Å². The highest BCUT2D eigenvalue weighted by Crippen LogP contribution is 2.23. The molecule has 0 spiro atoms. The molecule has 8 heteroatoms. The molecular weight excluding hydrogens is 357 g/mol. The fraction of sp³-hybridized carbons (Fsp3) is 0.333. The normalized spacial score (nSPS) is 18.5. The van der Waals surface area contributed by atoms with E-state index in [1.54, 1.807) is 24.4 Å². The van der Waals surface area contributed by atoms with E-state index in [1.807, 2.05) is 11.9 Å². The number of hydrogen-bond acceptors (Lipinski definition) is 5. The van der Waals surface area contributed by atoms with Crippen molar-refractivity contribution in [2.75, 3.05) is 23.5 Å². The Bertz CT molecular complexity index is 900. The Morgan fingerprint density at radius 2 is 2.04 bits per heavy atom. The van der Waals surface area contributed by atoms with Gasteiger partial charge in [-0.05, 0) is 30.2 Å². The van der Waals surface area contributed by atoms with Gasteiger partial charge in [0.1, 0.15) is 5.82 Å². The molecule has 1 aromatic heterocycles. The second-order valence-corrected chi connectivity index (χ2v) is 8.64. The van der Waals surface area contributed by atoms with Crippen LogP contribution in [0.5, 0.6) is 0 Å². The lowest BCUT2D eigenvalue weighted by atomic mass is 10.2. The van der Waals surface area contributed by atoms with Crippen LogP contribution in [0.15, 0.2) is 42.7 Å². The molecule has 1 fully saturated rings. The van der Waals surface area contributed by atoms with Crippen molar-refractivity contribution in [3.05, 3.63) is 59.7 Å². The highest BCUT2D eigenvalue weighted by atomic mass is 32.2. The van der Waals surface area contributed by atoms with Crippen LogP contribution in [0.25, 0.3) is 0 Å². The van der Waals surface area contributed by atoms with Crippen molar-refractivity contribution < 1.29 is 17.6 Å². The Kier molecular flexibility index (Phi) is 5.22. The molecule has 26 heavy (non-hydrogen) atoms. The quantitative estimate of drug-likeness (QED) is 0.859. The molecule has 6 nitrogen and oxygen atoms in total. The van der Waals surface area contributed by atoms with Gasteiger partial charge in [0.25, 0.3) is 5.91 Å². The van der Waals surface area contributed by atoms with E-state index < -0.39 is 9.84 Å². The number of nitrogens with one attached hydrogen (secondary N) is 1. The third-order valence-corrected chi connectivity index (χ3v) is 6.27. The highest BCUT2D eigenvalue weighted by molar-refractivity contribution is 7.91. The third-order valence-electron chi connectivity index (χ3n) is 4.52. The Balaban J connectivity index is 1.66. The molecule has 1 unspecified atom stereocenters. The summed E-state index contributed by atoms with van der Waals surface area (Å²) < 4.78 is 36.2. The lowest BCUT2D eigenvalue weighted by molar-refractivity contribution is 0.0950. The van der Waals surface area contributed by atoms with Crippen LogP contribution in [-0.4, -0.2) is 43.9 Å². The minimum absolute atomic E-state index is 0.112. The van der Waals surface area contributed by atoms with Crippen molar-refractivity contribution in [3.8, 4) is 0 Å². The third kappa shape index (κ3) is 4.37. The van der Waals surface area contributed by atoms with Gasteiger partial charge in [-0.2, -0.15) is 0 Å². The van der Waals surface area contributed by atoms with Crippen LogP contribution in [0.3, 0.4) is 0 Å². The SMILES string of the molecule is CN(c1cncc(C(=O)NCc2ccc(F)cc2)c1)C1CCS(=O)(=O)C1. The van der Waals surface area contributed by atoms with Gasteiger partial charge in [-0.1, -0.05) is 12.1 Å². The largest absolute Gasteiger partial charge is 0.369 e. The lowest BCUT2D eigenvalue weighted by Crippen LogP contribution is -2.33. The smallest absolute Gasteiger partial charge is 0.253 e. The molecule has 2 aromatic rings. The van der Waals surface area contributed by atoms with Crippen LogP contribution < -0.4 is 10.2 Å². The number of carbonyl (C=O) groups excluding carboxylic acids is 1. The zero-order valence-electron chi connectivity index (χ0n) is 14.4. The summed E-state index contributed by atoms with van der Waals surface area (Å²) in [6.07, 6.45) is 3.64. The van der Waals surface area contributed by atoms with E-state index >= 15 is 0 Å². The van der Waals surface area contributed by atoms with Crippen LogP contribution >= 0.6 is 0 Å². The number of rotatable bonds is 5. The highest BCUT2D eigenvalue weighted by Gasteiger charge is 2.31. The number of anilines is 1. The molecule has 0 radical (unpaired) electrons. The zero-order valence-corrected chi connectivity index (χ0v) is 15.2. The summed E-state index contributed by atoms with van der Waals surface area (Å²) in [7, 11) is -1.18. The Morgan fingerprint density at radius 3 is 2.69 bits per heavy atom. The molecule has 2 heterocycles. The number of amides is 1. The molecule has 1 saturated heterocycles. The number of sulfone groups is 1. The van der Waals surface area contributed by atoms with E-state index in [-0.39, 0.29) is 35.8 Å². The first kappa shape index (κ1) is 18.3. The van der Waals surface area contributed by atoms with Crippen LogP contribution in [-0.2, 0) is 16.4 Å². The first-order valence-electron chi connectivity index (χ1n) is 8.25. The van der Waals surface area contributed by atoms with Crippen LogP contribution in [0.2, 0.25) is 0 Å². The molecule has 1 aliphatic heterocycles. The fourth-order valence-corrected chi connectivity index (χ4v) is 4.70. The van der Waals surface area contributed by atoms with Crippen molar-refractivity contribution in [2.45, 2.75) is 19.0 Å². The van der Waals surface area contributed by atoms with Gasteiger partial charge >= 0.3 is 0 Å². The predicted molar refractivity (Wildman–Crippen MR) is 97.3 cm³/mol. The van der Waals surface area contributed by atoms with Gasteiger partial charge in [0, 0.05) is 25.8 Å². The van der Waals surface area contributed by atoms with E-state index in [0.29, 0.717) is 17.7 Å². The fourth-order valence-electron chi connectivity index (χ4n) is 2.92. The van der Waals surface area contributed by atoms with Crippen LogP contribution in [0.1, 0.15) is 22.3 Å². The van der Waals surface area contributed by atoms with Crippen molar-refractivity contribution >= 4 is 21.4 Å². The second-order valence-electron chi connectivity index (χ2n) is 6.41. The van der Waals surface area contributed by atoms with E-state index in [9.17, 15) is 17.6 Å². The average molecular weight is 377 g/mol. The molecule has 1 N–H and O–H groups in total. The lowest BCUT2D eigenvalue weighted by Gasteiger charge is -2.25. The van der Waals surface area contributed by atoms with Gasteiger partial charge in [0.2, 0.25) is 0 Å². The zero-order chi connectivity index (χ0) is 18.7. The van der Waals surface area contributed by atoms with E-state index in [2.05, 4.69) is 10.3 Å². The molecule has 0 saturated carbocycles. The summed E-state index contributed by atoms with van der Waals surface area (Å²) in [5, 5.41) is 2.77. The summed E-state index contributed by atoms with van der Waals surface area (Å²) in [5.41, 5.74) is 1.87. The number of aromatic nitrogens is 1. The summed E-state index contributed by atoms with van der Waals surface area (Å²) in [4.78, 5) is 18.3. The van der Waals surface area contributed by atoms with Gasteiger partial charge in [-0.25, -0.2) is 12.8 Å². The summed E-state index contributed by atoms with van der Waals surface area (Å²) in [5.74, 6) is -0.317. The Morgan fingerprint density at radius 1 is 1.31 bits per heavy atom. The van der Waals surface area contributed by atoms with Gasteiger partial charge in [0.15, 0.2) is 9.84 Å². The number of pyridine rings is 1. The molecule has 3 rings (SSSR count). The first-order chi connectivity index (χ1) is 12.3. The van der Waals surface area contributed by atoms with Gasteiger partial charge in [-0.15, -0.1) is 0 Å². The number of hydrogen-bond donors (Lipinski definition) is 1. The number of benzene rings is 1. The maximum atomic E-state index is 12.9. The van der Waals surface area contributed by atoms with Crippen molar-refractivity contribution in [1.82, 2.24) is 10.3 Å². The Labute approximate surface area is 152 Å². The van der Waals surface area contributed by atoms with Crippen molar-refractivity contribution in [2.24, 2.45) is 0 Å². The molecule has 1 aliphatic rings. The monoisotopic (exact) mass is 377 g/mol. The Hall–Kier alpha value is -2.48. The van der Waals surface area contributed by atoms with E-state index in [1.165, 1.54) is 18.3 Å². The number of halogens is 1. The van der Waals surface area contributed by atoms with E-state index in [4.69, 9.17) is 0 Å². The maximum absolute atomic E-state index is 12.9. The van der Waals surface area contributed by atoms with Crippen molar-refractivity contribution in [1.29, 1.82) is 0 Å². The molecule has 1 amide bonds. The topological polar surface area (TPSA) is 79.4 Å². The predicted octanol–water partition coefficient (Wildman–Crippen LogP) is 1.77. The average Bonchev–Trinajstić information content (AvgIpc) is 3.00. The van der Waals surface area contributed by atoms with Gasteiger partial charge < -0.3 is 10.2 Å². The minimum atomic E-state index is -2.99. The summed E-state index contributed by atoms with van der Waals surface area (Å²) >= 11 is 0. The van der Waals surface area contributed by atoms with Crippen LogP contribution in [0.4, 0.5) is 10.1 Å². The maximum Gasteiger partial charge on any atom is 0.253 e. The summed E-state index contributed by atoms with van der Waals surface area (Å²) in [6.45, 7) is 0.278. The van der Waals surface area contributed by atoms with Gasteiger partial charge in [-0.3, -0.25) is 9.78 Å². The first-order valence-corrected chi connectivity index (χ1v) is 10.1. The summed E-state index contributed by atoms with van der Waals surface area (Å²) in [6, 6.07) is 7.48. The molecule has 0 aliphatic carbocycles. The second kappa shape index (κ2) is 7.41. The molecule has 138 valence electrons. The standard InChI is InChI=1S/C18H20FN3O3S/c1-22(16-6-7-26(24,25)12-16)17-8-14(10-20-11-17)18(23)21-9-13-2-4-15(19)5-3-13/h2-5,8,10-11,16H,6-7,9,12H2,1H3,(H,21,23). The van der Waals surface area contributed by atoms with Crippen LogP contribution in [0, 0.1) is 5.82 Å². The number of nitrogens with zero attached hydrogens (tertiary/aromatic N) is 2. The minimum Gasteiger partial charge on any atom is -0.369 e. The van der Waals surface area contributed by atoms with E-state index in [0.717, 1.165) is 5.56 Å². The molecule has 1 aromatic carbocycles. The number of carbonyl (C=O) groups is 1. The van der Waals surface area contributed by atoms with Gasteiger partial charge in [0.05, 0.1) is 29.0 Å². The molecule has 1 atom stereocenters. The molecular formula is C18H20FN3O3S.